The van der Waals surface area contributed by atoms with Gasteiger partial charge in [0.2, 0.25) is 0 Å². The lowest BCUT2D eigenvalue weighted by Gasteiger charge is -2.08. The number of halogens is 1. The number of hydrogen-bond acceptors (Lipinski definition) is 2. The third-order valence-electron chi connectivity index (χ3n) is 3.36. The van der Waals surface area contributed by atoms with Gasteiger partial charge in [-0.1, -0.05) is 30.3 Å². The minimum absolute atomic E-state index is 0.0685. The summed E-state index contributed by atoms with van der Waals surface area (Å²) in [5.74, 6) is -1.59. The van der Waals surface area contributed by atoms with Gasteiger partial charge in [-0.2, -0.15) is 0 Å². The van der Waals surface area contributed by atoms with Crippen LogP contribution in [0.1, 0.15) is 10.4 Å². The molecule has 3 rings (SSSR count). The second-order valence-corrected chi connectivity index (χ2v) is 4.68. The number of aromatic carboxylic acids is 1. The first-order chi connectivity index (χ1) is 10.6. The highest BCUT2D eigenvalue weighted by atomic mass is 19.1. The zero-order valence-electron chi connectivity index (χ0n) is 11.2. The SMILES string of the molecule is [C-]#[N+]c1ccc(-c2ncc(F)c3ccc(C(=O)O)cc23)cc1. The molecule has 0 saturated heterocycles. The third kappa shape index (κ3) is 2.27. The van der Waals surface area contributed by atoms with Gasteiger partial charge >= 0.3 is 5.97 Å². The highest BCUT2D eigenvalue weighted by molar-refractivity contribution is 6.00. The van der Waals surface area contributed by atoms with E-state index in [4.69, 9.17) is 11.7 Å². The van der Waals surface area contributed by atoms with E-state index < -0.39 is 11.8 Å². The molecule has 0 radical (unpaired) electrons. The van der Waals surface area contributed by atoms with E-state index in [2.05, 4.69) is 9.83 Å². The van der Waals surface area contributed by atoms with Crippen molar-refractivity contribution in [2.24, 2.45) is 0 Å². The maximum atomic E-state index is 13.9. The predicted octanol–water partition coefficient (Wildman–Crippen LogP) is 4.29. The Balaban J connectivity index is 2.28. The Morgan fingerprint density at radius 2 is 1.86 bits per heavy atom. The van der Waals surface area contributed by atoms with Gasteiger partial charge in [0.05, 0.1) is 24.0 Å². The molecule has 5 heteroatoms. The minimum Gasteiger partial charge on any atom is -0.478 e. The van der Waals surface area contributed by atoms with Crippen molar-refractivity contribution < 1.29 is 14.3 Å². The van der Waals surface area contributed by atoms with Gasteiger partial charge in [0.15, 0.2) is 5.69 Å². The van der Waals surface area contributed by atoms with Gasteiger partial charge in [0.1, 0.15) is 5.82 Å². The van der Waals surface area contributed by atoms with E-state index in [1.807, 2.05) is 0 Å². The summed E-state index contributed by atoms with van der Waals surface area (Å²) in [6.07, 6.45) is 1.11. The average molecular weight is 292 g/mol. The van der Waals surface area contributed by atoms with Gasteiger partial charge in [-0.25, -0.2) is 14.0 Å². The molecule has 1 aromatic heterocycles. The first-order valence-electron chi connectivity index (χ1n) is 6.39. The summed E-state index contributed by atoms with van der Waals surface area (Å²) in [5.41, 5.74) is 1.73. The quantitative estimate of drug-likeness (QED) is 0.717. The predicted molar refractivity (Wildman–Crippen MR) is 80.4 cm³/mol. The second kappa shape index (κ2) is 5.26. The van der Waals surface area contributed by atoms with Gasteiger partial charge in [0, 0.05) is 10.8 Å². The Kier molecular flexibility index (Phi) is 3.28. The molecule has 0 aliphatic heterocycles. The summed E-state index contributed by atoms with van der Waals surface area (Å²) < 4.78 is 13.9. The van der Waals surface area contributed by atoms with Crippen molar-refractivity contribution in [1.29, 1.82) is 0 Å². The number of fused-ring (bicyclic) bond motifs is 1. The van der Waals surface area contributed by atoms with Crippen molar-refractivity contribution in [2.45, 2.75) is 0 Å². The summed E-state index contributed by atoms with van der Waals surface area (Å²) in [5, 5.41) is 9.83. The van der Waals surface area contributed by atoms with Crippen LogP contribution in [0.3, 0.4) is 0 Å². The molecule has 0 aliphatic rings. The van der Waals surface area contributed by atoms with E-state index in [0.29, 0.717) is 27.7 Å². The van der Waals surface area contributed by atoms with Crippen LogP contribution in [0.5, 0.6) is 0 Å². The number of rotatable bonds is 2. The number of carbonyl (C=O) groups is 1. The van der Waals surface area contributed by atoms with Crippen LogP contribution in [-0.4, -0.2) is 16.1 Å². The van der Waals surface area contributed by atoms with Crippen molar-refractivity contribution in [2.75, 3.05) is 0 Å². The van der Waals surface area contributed by atoms with Crippen molar-refractivity contribution in [3.63, 3.8) is 0 Å². The molecule has 3 aromatic rings. The zero-order chi connectivity index (χ0) is 15.7. The summed E-state index contributed by atoms with van der Waals surface area (Å²) in [6.45, 7) is 6.95. The van der Waals surface area contributed by atoms with Gasteiger partial charge in [0.25, 0.3) is 0 Å². The fourth-order valence-electron chi connectivity index (χ4n) is 2.27. The van der Waals surface area contributed by atoms with Crippen molar-refractivity contribution >= 4 is 22.4 Å². The molecule has 0 atom stereocenters. The molecule has 0 spiro atoms. The molecule has 0 saturated carbocycles. The Morgan fingerprint density at radius 1 is 1.14 bits per heavy atom. The topological polar surface area (TPSA) is 54.5 Å². The van der Waals surface area contributed by atoms with Crippen molar-refractivity contribution in [3.05, 3.63) is 71.5 Å². The number of pyridine rings is 1. The van der Waals surface area contributed by atoms with Gasteiger partial charge < -0.3 is 5.11 Å². The van der Waals surface area contributed by atoms with Crippen LogP contribution in [0.2, 0.25) is 0 Å². The Hall–Kier alpha value is -3.26. The molecule has 4 nitrogen and oxygen atoms in total. The first kappa shape index (κ1) is 13.7. The molecule has 0 amide bonds. The lowest BCUT2D eigenvalue weighted by molar-refractivity contribution is 0.0697. The van der Waals surface area contributed by atoms with E-state index in [0.717, 1.165) is 6.20 Å². The van der Waals surface area contributed by atoms with Crippen molar-refractivity contribution in [3.8, 4) is 11.3 Å². The lowest BCUT2D eigenvalue weighted by atomic mass is 10.0. The lowest BCUT2D eigenvalue weighted by Crippen LogP contribution is -1.97. The van der Waals surface area contributed by atoms with E-state index in [-0.39, 0.29) is 5.56 Å². The van der Waals surface area contributed by atoms with Gasteiger partial charge in [-0.3, -0.25) is 4.98 Å². The third-order valence-corrected chi connectivity index (χ3v) is 3.36. The second-order valence-electron chi connectivity index (χ2n) is 4.68. The molecule has 1 heterocycles. The minimum atomic E-state index is -1.08. The van der Waals surface area contributed by atoms with E-state index in [1.165, 1.54) is 18.2 Å². The Bertz CT molecular complexity index is 928. The molecule has 2 aromatic carbocycles. The van der Waals surface area contributed by atoms with Crippen LogP contribution in [0.4, 0.5) is 10.1 Å². The monoisotopic (exact) mass is 292 g/mol. The standard InChI is InChI=1S/C17H9FN2O2/c1-19-12-5-2-10(3-6-12)16-14-8-11(17(21)22)4-7-13(14)15(18)9-20-16/h2-9H,(H,21,22). The fraction of sp³-hybridized carbons (Fsp3) is 0. The molecule has 106 valence electrons. The summed E-state index contributed by atoms with van der Waals surface area (Å²) in [7, 11) is 0. The van der Waals surface area contributed by atoms with Crippen LogP contribution in [0.25, 0.3) is 26.9 Å². The van der Waals surface area contributed by atoms with Crippen LogP contribution in [-0.2, 0) is 0 Å². The van der Waals surface area contributed by atoms with Crippen LogP contribution >= 0.6 is 0 Å². The fourth-order valence-corrected chi connectivity index (χ4v) is 2.27. The molecule has 1 N–H and O–H groups in total. The van der Waals surface area contributed by atoms with E-state index >= 15 is 0 Å². The highest BCUT2D eigenvalue weighted by Gasteiger charge is 2.12. The molecule has 0 unspecified atom stereocenters. The van der Waals surface area contributed by atoms with E-state index in [9.17, 15) is 9.18 Å². The Labute approximate surface area is 125 Å². The average Bonchev–Trinajstić information content (AvgIpc) is 2.55. The summed E-state index contributed by atoms with van der Waals surface area (Å²) >= 11 is 0. The largest absolute Gasteiger partial charge is 0.478 e. The summed E-state index contributed by atoms with van der Waals surface area (Å²) in [4.78, 5) is 18.5. The van der Waals surface area contributed by atoms with Crippen molar-refractivity contribution in [1.82, 2.24) is 4.98 Å². The molecular weight excluding hydrogens is 283 g/mol. The molecular formula is C17H9FN2O2. The number of carboxylic acids is 1. The number of hydrogen-bond donors (Lipinski definition) is 1. The summed E-state index contributed by atoms with van der Waals surface area (Å²) in [6, 6.07) is 10.9. The normalized spacial score (nSPS) is 10.4. The van der Waals surface area contributed by atoms with Crippen LogP contribution < -0.4 is 0 Å². The molecule has 0 bridgehead atoms. The number of aromatic nitrogens is 1. The smallest absolute Gasteiger partial charge is 0.335 e. The van der Waals surface area contributed by atoms with Gasteiger partial charge in [-0.15, -0.1) is 0 Å². The maximum Gasteiger partial charge on any atom is 0.335 e. The number of nitrogens with zero attached hydrogens (tertiary/aromatic N) is 2. The first-order valence-corrected chi connectivity index (χ1v) is 6.39. The Morgan fingerprint density at radius 3 is 2.50 bits per heavy atom. The maximum absolute atomic E-state index is 13.9. The van der Waals surface area contributed by atoms with E-state index in [1.54, 1.807) is 24.3 Å². The number of carboxylic acid groups (broad SMARTS) is 1. The molecule has 0 fully saturated rings. The van der Waals surface area contributed by atoms with Gasteiger partial charge in [-0.05, 0) is 17.7 Å². The molecule has 0 aliphatic carbocycles. The van der Waals surface area contributed by atoms with Crippen LogP contribution in [0.15, 0.2) is 48.7 Å². The number of benzene rings is 2. The highest BCUT2D eigenvalue weighted by Crippen LogP contribution is 2.30. The zero-order valence-corrected chi connectivity index (χ0v) is 11.2. The molecule has 22 heavy (non-hydrogen) atoms. The van der Waals surface area contributed by atoms with Crippen LogP contribution in [0, 0.1) is 12.4 Å².